The fraction of sp³-hybridized carbons (Fsp3) is 0.500. The van der Waals surface area contributed by atoms with Crippen LogP contribution in [0.5, 0.6) is 5.75 Å². The molecular formula is C12H21Cl3N2O. The summed E-state index contributed by atoms with van der Waals surface area (Å²) in [5.74, 6) is 0.721. The van der Waals surface area contributed by atoms with E-state index >= 15 is 0 Å². The van der Waals surface area contributed by atoms with Gasteiger partial charge in [0.25, 0.3) is 0 Å². The highest BCUT2D eigenvalue weighted by Crippen LogP contribution is 2.24. The Bertz CT molecular complexity index is 335. The molecule has 0 fully saturated rings. The zero-order valence-corrected chi connectivity index (χ0v) is 13.3. The summed E-state index contributed by atoms with van der Waals surface area (Å²) in [6.07, 6.45) is 0. The van der Waals surface area contributed by atoms with Crippen LogP contribution in [0.4, 0.5) is 0 Å². The topological polar surface area (TPSA) is 24.5 Å². The van der Waals surface area contributed by atoms with Crippen molar-refractivity contribution >= 4 is 36.4 Å². The molecule has 0 aliphatic carbocycles. The summed E-state index contributed by atoms with van der Waals surface area (Å²) in [5.41, 5.74) is 1.17. The molecule has 3 nitrogen and oxygen atoms in total. The second-order valence-electron chi connectivity index (χ2n) is 3.95. The Balaban J connectivity index is 0. The summed E-state index contributed by atoms with van der Waals surface area (Å²) in [4.78, 5) is 2.15. The molecule has 0 saturated heterocycles. The third-order valence-corrected chi connectivity index (χ3v) is 2.58. The average Bonchev–Trinajstić information content (AvgIpc) is 2.24. The van der Waals surface area contributed by atoms with Crippen LogP contribution < -0.4 is 10.1 Å². The molecule has 0 aliphatic heterocycles. The quantitative estimate of drug-likeness (QED) is 0.817. The van der Waals surface area contributed by atoms with Crippen LogP contribution in [0.25, 0.3) is 0 Å². The van der Waals surface area contributed by atoms with Crippen LogP contribution >= 0.6 is 36.4 Å². The molecule has 1 N–H and O–H groups in total. The van der Waals surface area contributed by atoms with E-state index in [1.165, 1.54) is 5.56 Å². The molecule has 1 rings (SSSR count). The fourth-order valence-electron chi connectivity index (χ4n) is 1.36. The third-order valence-electron chi connectivity index (χ3n) is 2.28. The fourth-order valence-corrected chi connectivity index (χ4v) is 1.64. The van der Waals surface area contributed by atoms with Crippen molar-refractivity contribution in [3.8, 4) is 5.75 Å². The smallest absolute Gasteiger partial charge is 0.137 e. The molecular weight excluding hydrogens is 295 g/mol. The molecule has 0 unspecified atom stereocenters. The number of hydrogen-bond acceptors (Lipinski definition) is 3. The van der Waals surface area contributed by atoms with Gasteiger partial charge in [-0.1, -0.05) is 17.7 Å². The van der Waals surface area contributed by atoms with Crippen LogP contribution in [0.3, 0.4) is 0 Å². The van der Waals surface area contributed by atoms with E-state index in [9.17, 15) is 0 Å². The first-order chi connectivity index (χ1) is 7.63. The number of nitrogens with zero attached hydrogens (tertiary/aromatic N) is 1. The Hall–Kier alpha value is -0.190. The second-order valence-corrected chi connectivity index (χ2v) is 4.36. The van der Waals surface area contributed by atoms with Gasteiger partial charge in [0.2, 0.25) is 0 Å². The maximum Gasteiger partial charge on any atom is 0.137 e. The van der Waals surface area contributed by atoms with Crippen molar-refractivity contribution in [2.24, 2.45) is 0 Å². The van der Waals surface area contributed by atoms with Gasteiger partial charge in [-0.2, -0.15) is 0 Å². The minimum Gasteiger partial charge on any atom is -0.495 e. The lowest BCUT2D eigenvalue weighted by Gasteiger charge is -2.11. The molecule has 0 radical (unpaired) electrons. The van der Waals surface area contributed by atoms with Gasteiger partial charge < -0.3 is 15.0 Å². The summed E-state index contributed by atoms with van der Waals surface area (Å²) in [6.45, 7) is 2.83. The normalized spacial score (nSPS) is 9.61. The Kier molecular flexibility index (Phi) is 12.0. The Morgan fingerprint density at radius 3 is 2.44 bits per heavy atom. The Labute approximate surface area is 127 Å². The van der Waals surface area contributed by atoms with Crippen LogP contribution in [-0.4, -0.2) is 39.2 Å². The molecule has 1 aromatic carbocycles. The Morgan fingerprint density at radius 1 is 1.28 bits per heavy atom. The van der Waals surface area contributed by atoms with Gasteiger partial charge >= 0.3 is 0 Å². The summed E-state index contributed by atoms with van der Waals surface area (Å²) < 4.78 is 5.10. The molecule has 1 aromatic rings. The first-order valence-corrected chi connectivity index (χ1v) is 5.69. The van der Waals surface area contributed by atoms with Crippen molar-refractivity contribution in [1.82, 2.24) is 10.2 Å². The number of nitrogens with one attached hydrogen (secondary N) is 1. The summed E-state index contributed by atoms with van der Waals surface area (Å²) in [6, 6.07) is 5.85. The molecule has 0 aliphatic rings. The summed E-state index contributed by atoms with van der Waals surface area (Å²) in [5, 5.41) is 4.02. The maximum atomic E-state index is 6.03. The molecule has 0 amide bonds. The minimum atomic E-state index is 0. The van der Waals surface area contributed by atoms with Crippen molar-refractivity contribution in [1.29, 1.82) is 0 Å². The molecule has 0 spiro atoms. The van der Waals surface area contributed by atoms with Crippen LogP contribution in [0.15, 0.2) is 18.2 Å². The third kappa shape index (κ3) is 7.29. The molecule has 6 heteroatoms. The maximum absolute atomic E-state index is 6.03. The van der Waals surface area contributed by atoms with E-state index in [2.05, 4.69) is 24.3 Å². The molecule has 0 saturated carbocycles. The lowest BCUT2D eigenvalue weighted by Crippen LogP contribution is -2.26. The van der Waals surface area contributed by atoms with E-state index < -0.39 is 0 Å². The predicted octanol–water partition coefficient (Wildman–Crippen LogP) is 2.84. The van der Waals surface area contributed by atoms with Crippen molar-refractivity contribution in [3.63, 3.8) is 0 Å². The van der Waals surface area contributed by atoms with Gasteiger partial charge in [0.15, 0.2) is 0 Å². The number of methoxy groups -OCH3 is 1. The van der Waals surface area contributed by atoms with E-state index in [0.29, 0.717) is 5.02 Å². The minimum absolute atomic E-state index is 0. The SMILES string of the molecule is COc1ccc(CNCCN(C)C)cc1Cl.Cl.Cl. The highest BCUT2D eigenvalue weighted by Gasteiger charge is 2.01. The number of ether oxygens (including phenoxy) is 1. The molecule has 0 aromatic heterocycles. The predicted molar refractivity (Wildman–Crippen MR) is 82.8 cm³/mol. The zero-order chi connectivity index (χ0) is 12.0. The van der Waals surface area contributed by atoms with Crippen LogP contribution in [0.2, 0.25) is 5.02 Å². The first-order valence-electron chi connectivity index (χ1n) is 5.31. The van der Waals surface area contributed by atoms with E-state index in [0.717, 1.165) is 25.4 Å². The van der Waals surface area contributed by atoms with Gasteiger partial charge in [-0.15, -0.1) is 24.8 Å². The standard InChI is InChI=1S/C12H19ClN2O.2ClH/c1-15(2)7-6-14-9-10-4-5-12(16-3)11(13)8-10;;/h4-5,8,14H,6-7,9H2,1-3H3;2*1H. The monoisotopic (exact) mass is 314 g/mol. The number of halogens is 3. The van der Waals surface area contributed by atoms with E-state index in [1.54, 1.807) is 7.11 Å². The largest absolute Gasteiger partial charge is 0.495 e. The first kappa shape index (κ1) is 20.1. The van der Waals surface area contributed by atoms with E-state index in [-0.39, 0.29) is 24.8 Å². The highest BCUT2D eigenvalue weighted by molar-refractivity contribution is 6.32. The zero-order valence-electron chi connectivity index (χ0n) is 10.9. The van der Waals surface area contributed by atoms with Crippen molar-refractivity contribution in [3.05, 3.63) is 28.8 Å². The molecule has 0 bridgehead atoms. The lowest BCUT2D eigenvalue weighted by molar-refractivity contribution is 0.399. The van der Waals surface area contributed by atoms with Crippen LogP contribution in [-0.2, 0) is 6.54 Å². The van der Waals surface area contributed by atoms with Gasteiger partial charge in [0.05, 0.1) is 12.1 Å². The van der Waals surface area contributed by atoms with Crippen molar-refractivity contribution in [2.45, 2.75) is 6.54 Å². The number of hydrogen-bond donors (Lipinski definition) is 1. The van der Waals surface area contributed by atoms with Crippen molar-refractivity contribution in [2.75, 3.05) is 34.3 Å². The second kappa shape index (κ2) is 10.7. The summed E-state index contributed by atoms with van der Waals surface area (Å²) in [7, 11) is 5.74. The van der Waals surface area contributed by atoms with Gasteiger partial charge in [-0.25, -0.2) is 0 Å². The van der Waals surface area contributed by atoms with E-state index in [1.807, 2.05) is 18.2 Å². The van der Waals surface area contributed by atoms with Crippen LogP contribution in [0.1, 0.15) is 5.56 Å². The van der Waals surface area contributed by atoms with Gasteiger partial charge in [-0.3, -0.25) is 0 Å². The Morgan fingerprint density at radius 2 is 1.94 bits per heavy atom. The number of likely N-dealkylation sites (N-methyl/N-ethyl adjacent to an activating group) is 1. The van der Waals surface area contributed by atoms with Gasteiger partial charge in [0.1, 0.15) is 5.75 Å². The van der Waals surface area contributed by atoms with Gasteiger partial charge in [0, 0.05) is 19.6 Å². The summed E-state index contributed by atoms with van der Waals surface area (Å²) >= 11 is 6.03. The number of benzene rings is 1. The average molecular weight is 316 g/mol. The lowest BCUT2D eigenvalue weighted by atomic mass is 10.2. The van der Waals surface area contributed by atoms with Gasteiger partial charge in [-0.05, 0) is 31.8 Å². The molecule has 0 atom stereocenters. The number of rotatable bonds is 6. The van der Waals surface area contributed by atoms with Crippen LogP contribution in [0, 0.1) is 0 Å². The molecule has 0 heterocycles. The van der Waals surface area contributed by atoms with Crippen molar-refractivity contribution < 1.29 is 4.74 Å². The molecule has 106 valence electrons. The van der Waals surface area contributed by atoms with E-state index in [4.69, 9.17) is 16.3 Å². The highest BCUT2D eigenvalue weighted by atomic mass is 35.5. The molecule has 18 heavy (non-hydrogen) atoms.